The van der Waals surface area contributed by atoms with Gasteiger partial charge >= 0.3 is 0 Å². The standard InChI is InChI=1S/C13H13FN2O4S/c14-11-3-4-12(10(8-11)2-1-7-17)21(19,20)16-6-5-15-13(18)9-16/h3-4,8,17H,5-7,9H2,(H,15,18). The second-order valence-corrected chi connectivity index (χ2v) is 6.20. The molecule has 0 saturated carbocycles. The Hall–Kier alpha value is -1.95. The summed E-state index contributed by atoms with van der Waals surface area (Å²) < 4.78 is 39.3. The molecule has 0 aliphatic carbocycles. The van der Waals surface area contributed by atoms with Crippen LogP contribution in [0.5, 0.6) is 0 Å². The van der Waals surface area contributed by atoms with Crippen molar-refractivity contribution in [3.05, 3.63) is 29.6 Å². The predicted molar refractivity (Wildman–Crippen MR) is 72.1 cm³/mol. The highest BCUT2D eigenvalue weighted by atomic mass is 32.2. The Morgan fingerprint density at radius 1 is 1.43 bits per heavy atom. The highest BCUT2D eigenvalue weighted by Crippen LogP contribution is 2.21. The third kappa shape index (κ3) is 3.39. The minimum absolute atomic E-state index is 0.0463. The van der Waals surface area contributed by atoms with Gasteiger partial charge in [-0.2, -0.15) is 4.31 Å². The second-order valence-electron chi connectivity index (χ2n) is 4.29. The average molecular weight is 312 g/mol. The van der Waals surface area contributed by atoms with Crippen LogP contribution in [0.4, 0.5) is 4.39 Å². The predicted octanol–water partition coefficient (Wildman–Crippen LogP) is -0.710. The van der Waals surface area contributed by atoms with Crippen molar-refractivity contribution < 1.29 is 22.7 Å². The zero-order valence-corrected chi connectivity index (χ0v) is 11.8. The number of piperazine rings is 1. The Labute approximate surface area is 121 Å². The second kappa shape index (κ2) is 6.22. The van der Waals surface area contributed by atoms with Crippen LogP contribution in [-0.2, 0) is 14.8 Å². The molecule has 1 fully saturated rings. The van der Waals surface area contributed by atoms with E-state index in [0.717, 1.165) is 22.5 Å². The first-order valence-corrected chi connectivity index (χ1v) is 7.55. The molecule has 0 spiro atoms. The minimum atomic E-state index is -3.95. The molecule has 1 amide bonds. The monoisotopic (exact) mass is 312 g/mol. The van der Waals surface area contributed by atoms with Crippen molar-refractivity contribution >= 4 is 15.9 Å². The molecule has 1 aromatic carbocycles. The molecule has 0 aromatic heterocycles. The SMILES string of the molecule is O=C1CN(S(=O)(=O)c2ccc(F)cc2C#CCO)CCN1. The first kappa shape index (κ1) is 15.4. The molecule has 0 unspecified atom stereocenters. The summed E-state index contributed by atoms with van der Waals surface area (Å²) in [6.07, 6.45) is 0. The van der Waals surface area contributed by atoms with Gasteiger partial charge in [-0.1, -0.05) is 11.8 Å². The van der Waals surface area contributed by atoms with E-state index in [2.05, 4.69) is 17.2 Å². The molecule has 2 rings (SSSR count). The summed E-state index contributed by atoms with van der Waals surface area (Å²) in [6, 6.07) is 3.11. The number of carbonyl (C=O) groups is 1. The molecule has 0 atom stereocenters. The van der Waals surface area contributed by atoms with Gasteiger partial charge in [0.25, 0.3) is 0 Å². The first-order chi connectivity index (χ1) is 9.95. The maximum Gasteiger partial charge on any atom is 0.244 e. The van der Waals surface area contributed by atoms with Gasteiger partial charge in [0, 0.05) is 18.7 Å². The summed E-state index contributed by atoms with van der Waals surface area (Å²) in [5.41, 5.74) is -0.0463. The number of sulfonamides is 1. The quantitative estimate of drug-likeness (QED) is 0.706. The van der Waals surface area contributed by atoms with Crippen molar-refractivity contribution in [1.29, 1.82) is 0 Å². The summed E-state index contributed by atoms with van der Waals surface area (Å²) >= 11 is 0. The van der Waals surface area contributed by atoms with Gasteiger partial charge in [-0.25, -0.2) is 12.8 Å². The molecule has 6 nitrogen and oxygen atoms in total. The van der Waals surface area contributed by atoms with E-state index in [1.807, 2.05) is 0 Å². The van der Waals surface area contributed by atoms with Crippen molar-refractivity contribution in [2.75, 3.05) is 26.2 Å². The number of rotatable bonds is 2. The molecule has 8 heteroatoms. The molecule has 0 bridgehead atoms. The number of hydrogen-bond acceptors (Lipinski definition) is 4. The van der Waals surface area contributed by atoms with Crippen LogP contribution in [0.2, 0.25) is 0 Å². The third-order valence-corrected chi connectivity index (χ3v) is 4.77. The zero-order chi connectivity index (χ0) is 15.5. The van der Waals surface area contributed by atoms with E-state index in [9.17, 15) is 17.6 Å². The average Bonchev–Trinajstić information content (AvgIpc) is 2.45. The fraction of sp³-hybridized carbons (Fsp3) is 0.308. The molecule has 1 aliphatic rings. The van der Waals surface area contributed by atoms with E-state index < -0.39 is 28.4 Å². The fourth-order valence-corrected chi connectivity index (χ4v) is 3.44. The fourth-order valence-electron chi connectivity index (χ4n) is 1.92. The Morgan fingerprint density at radius 2 is 2.19 bits per heavy atom. The van der Waals surface area contributed by atoms with Crippen molar-refractivity contribution in [2.24, 2.45) is 0 Å². The number of nitrogens with one attached hydrogen (secondary N) is 1. The number of amides is 1. The number of benzene rings is 1. The molecule has 1 aromatic rings. The topological polar surface area (TPSA) is 86.7 Å². The molecule has 1 aliphatic heterocycles. The van der Waals surface area contributed by atoms with E-state index in [1.54, 1.807) is 0 Å². The van der Waals surface area contributed by atoms with Crippen molar-refractivity contribution in [3.63, 3.8) is 0 Å². The van der Waals surface area contributed by atoms with E-state index in [0.29, 0.717) is 0 Å². The third-order valence-electron chi connectivity index (χ3n) is 2.86. The van der Waals surface area contributed by atoms with Crippen molar-refractivity contribution in [3.8, 4) is 11.8 Å². The molecular weight excluding hydrogens is 299 g/mol. The summed E-state index contributed by atoms with van der Waals surface area (Å²) in [7, 11) is -3.95. The number of halogens is 1. The van der Waals surface area contributed by atoms with Crippen LogP contribution < -0.4 is 5.32 Å². The van der Waals surface area contributed by atoms with E-state index in [-0.39, 0.29) is 30.1 Å². The van der Waals surface area contributed by atoms with Crippen LogP contribution in [0.15, 0.2) is 23.1 Å². The highest BCUT2D eigenvalue weighted by molar-refractivity contribution is 7.89. The van der Waals surface area contributed by atoms with Crippen molar-refractivity contribution in [1.82, 2.24) is 9.62 Å². The largest absolute Gasteiger partial charge is 0.384 e. The van der Waals surface area contributed by atoms with Crippen LogP contribution in [0.1, 0.15) is 5.56 Å². The number of aliphatic hydroxyl groups is 1. The molecule has 0 radical (unpaired) electrons. The van der Waals surface area contributed by atoms with Crippen LogP contribution in [0.3, 0.4) is 0 Å². The Bertz CT molecular complexity index is 721. The number of nitrogens with zero attached hydrogens (tertiary/aromatic N) is 1. The van der Waals surface area contributed by atoms with Gasteiger partial charge in [0.2, 0.25) is 15.9 Å². The van der Waals surface area contributed by atoms with E-state index >= 15 is 0 Å². The van der Waals surface area contributed by atoms with Crippen LogP contribution in [0.25, 0.3) is 0 Å². The first-order valence-electron chi connectivity index (χ1n) is 6.11. The molecule has 1 saturated heterocycles. The molecule has 2 N–H and O–H groups in total. The lowest BCUT2D eigenvalue weighted by Gasteiger charge is -2.26. The van der Waals surface area contributed by atoms with Crippen LogP contribution in [0, 0.1) is 17.7 Å². The normalized spacial score (nSPS) is 16.0. The number of hydrogen-bond donors (Lipinski definition) is 2. The number of aliphatic hydroxyl groups excluding tert-OH is 1. The zero-order valence-electron chi connectivity index (χ0n) is 11.0. The Balaban J connectivity index is 2.46. The maximum atomic E-state index is 13.3. The van der Waals surface area contributed by atoms with Gasteiger partial charge < -0.3 is 10.4 Å². The van der Waals surface area contributed by atoms with Gasteiger partial charge in [-0.15, -0.1) is 0 Å². The Morgan fingerprint density at radius 3 is 2.86 bits per heavy atom. The van der Waals surface area contributed by atoms with Crippen LogP contribution in [-0.4, -0.2) is 50.0 Å². The van der Waals surface area contributed by atoms with Crippen molar-refractivity contribution in [2.45, 2.75) is 4.90 Å². The van der Waals surface area contributed by atoms with Gasteiger partial charge in [0.1, 0.15) is 12.4 Å². The molecule has 21 heavy (non-hydrogen) atoms. The summed E-state index contributed by atoms with van der Waals surface area (Å²) in [5, 5.41) is 11.2. The summed E-state index contributed by atoms with van der Waals surface area (Å²) in [4.78, 5) is 11.1. The summed E-state index contributed by atoms with van der Waals surface area (Å²) in [6.45, 7) is -0.399. The molecule has 1 heterocycles. The number of carbonyl (C=O) groups excluding carboxylic acids is 1. The van der Waals surface area contributed by atoms with Gasteiger partial charge in [0.05, 0.1) is 11.4 Å². The van der Waals surface area contributed by atoms with Gasteiger partial charge in [-0.05, 0) is 18.2 Å². The molecule has 112 valence electrons. The minimum Gasteiger partial charge on any atom is -0.384 e. The maximum absolute atomic E-state index is 13.3. The Kier molecular flexibility index (Phi) is 4.57. The van der Waals surface area contributed by atoms with Gasteiger partial charge in [0.15, 0.2) is 0 Å². The van der Waals surface area contributed by atoms with E-state index in [1.165, 1.54) is 0 Å². The smallest absolute Gasteiger partial charge is 0.244 e. The highest BCUT2D eigenvalue weighted by Gasteiger charge is 2.30. The lowest BCUT2D eigenvalue weighted by molar-refractivity contribution is -0.122. The van der Waals surface area contributed by atoms with E-state index in [4.69, 9.17) is 5.11 Å². The lowest BCUT2D eigenvalue weighted by atomic mass is 10.2. The molecular formula is C13H13FN2O4S. The summed E-state index contributed by atoms with van der Waals surface area (Å²) in [5.74, 6) is 3.68. The van der Waals surface area contributed by atoms with Gasteiger partial charge in [-0.3, -0.25) is 4.79 Å². The van der Waals surface area contributed by atoms with Crippen LogP contribution >= 0.6 is 0 Å². The lowest BCUT2D eigenvalue weighted by Crippen LogP contribution is -2.49.